The molecule has 0 spiro atoms. The van der Waals surface area contributed by atoms with Gasteiger partial charge in [0.05, 0.1) is 11.3 Å². The van der Waals surface area contributed by atoms with Crippen LogP contribution >= 0.6 is 11.6 Å². The van der Waals surface area contributed by atoms with Crippen LogP contribution in [0, 0.1) is 0 Å². The Balaban J connectivity index is 2.60. The van der Waals surface area contributed by atoms with Crippen LogP contribution in [-0.2, 0) is 7.05 Å². The van der Waals surface area contributed by atoms with Gasteiger partial charge in [0, 0.05) is 17.6 Å². The van der Waals surface area contributed by atoms with Crippen LogP contribution in [0.4, 0.5) is 0 Å². The van der Waals surface area contributed by atoms with Crippen LogP contribution in [0.15, 0.2) is 35.1 Å². The lowest BCUT2D eigenvalue weighted by Crippen LogP contribution is -2.23. The summed E-state index contributed by atoms with van der Waals surface area (Å²) in [4.78, 5) is 22.2. The third kappa shape index (κ3) is 2.26. The molecule has 2 aromatic rings. The van der Waals surface area contributed by atoms with Crippen molar-refractivity contribution in [3.63, 3.8) is 0 Å². The Kier molecular flexibility index (Phi) is 3.06. The lowest BCUT2D eigenvalue weighted by molar-refractivity contribution is 0.112. The zero-order chi connectivity index (χ0) is 12.4. The molecule has 0 saturated heterocycles. The fraction of sp³-hybridized carbons (Fsp3) is 0.0833. The summed E-state index contributed by atoms with van der Waals surface area (Å²) in [6.07, 6.45) is 0.531. The first-order chi connectivity index (χ1) is 8.11. The van der Waals surface area contributed by atoms with E-state index < -0.39 is 5.56 Å². The fourth-order valence-electron chi connectivity index (χ4n) is 1.48. The molecule has 1 heterocycles. The number of aryl methyl sites for hydroxylation is 1. The molecule has 0 aliphatic rings. The van der Waals surface area contributed by atoms with Crippen molar-refractivity contribution in [2.75, 3.05) is 0 Å². The number of benzene rings is 1. The SMILES string of the molecule is Cn1nc(-c2ccc(Cl)cc2)cc(C=O)c1=O. The highest BCUT2D eigenvalue weighted by atomic mass is 35.5. The third-order valence-corrected chi connectivity index (χ3v) is 2.61. The van der Waals surface area contributed by atoms with Crippen molar-refractivity contribution >= 4 is 17.9 Å². The molecule has 0 aliphatic carbocycles. The summed E-state index contributed by atoms with van der Waals surface area (Å²) in [6.45, 7) is 0. The highest BCUT2D eigenvalue weighted by Gasteiger charge is 2.06. The Labute approximate surface area is 102 Å². The largest absolute Gasteiger partial charge is 0.298 e. The van der Waals surface area contributed by atoms with Gasteiger partial charge in [-0.1, -0.05) is 23.7 Å². The lowest BCUT2D eigenvalue weighted by Gasteiger charge is -2.04. The monoisotopic (exact) mass is 248 g/mol. The summed E-state index contributed by atoms with van der Waals surface area (Å²) in [5, 5.41) is 4.70. The third-order valence-electron chi connectivity index (χ3n) is 2.36. The minimum atomic E-state index is -0.405. The minimum absolute atomic E-state index is 0.0902. The number of hydrogen-bond donors (Lipinski definition) is 0. The van der Waals surface area contributed by atoms with E-state index in [1.165, 1.54) is 13.1 Å². The van der Waals surface area contributed by atoms with Crippen molar-refractivity contribution in [1.82, 2.24) is 9.78 Å². The van der Waals surface area contributed by atoms with Crippen LogP contribution < -0.4 is 5.56 Å². The average Bonchev–Trinajstić information content (AvgIpc) is 2.33. The summed E-state index contributed by atoms with van der Waals surface area (Å²) < 4.78 is 1.15. The molecule has 1 aromatic carbocycles. The molecule has 0 amide bonds. The summed E-state index contributed by atoms with van der Waals surface area (Å²) in [7, 11) is 1.51. The van der Waals surface area contributed by atoms with Crippen molar-refractivity contribution < 1.29 is 4.79 Å². The van der Waals surface area contributed by atoms with Crippen LogP contribution in [0.5, 0.6) is 0 Å². The second-order valence-electron chi connectivity index (χ2n) is 3.54. The number of halogens is 1. The molecule has 5 heteroatoms. The van der Waals surface area contributed by atoms with E-state index in [9.17, 15) is 9.59 Å². The predicted molar refractivity (Wildman–Crippen MR) is 65.3 cm³/mol. The maximum absolute atomic E-state index is 11.5. The van der Waals surface area contributed by atoms with Gasteiger partial charge in [-0.3, -0.25) is 9.59 Å². The normalized spacial score (nSPS) is 10.2. The van der Waals surface area contributed by atoms with E-state index in [0.717, 1.165) is 10.2 Å². The number of hydrogen-bond acceptors (Lipinski definition) is 3. The number of carbonyl (C=O) groups excluding carboxylic acids is 1. The molecule has 0 aliphatic heterocycles. The van der Waals surface area contributed by atoms with Gasteiger partial charge in [0.15, 0.2) is 6.29 Å². The molecule has 86 valence electrons. The van der Waals surface area contributed by atoms with Gasteiger partial charge in [-0.05, 0) is 18.2 Å². The van der Waals surface area contributed by atoms with E-state index in [1.54, 1.807) is 24.3 Å². The molecule has 0 bridgehead atoms. The Morgan fingerprint density at radius 1 is 1.29 bits per heavy atom. The Bertz CT molecular complexity index is 617. The van der Waals surface area contributed by atoms with Crippen LogP contribution in [0.2, 0.25) is 5.02 Å². The van der Waals surface area contributed by atoms with Crippen molar-refractivity contribution in [2.24, 2.45) is 7.05 Å². The smallest absolute Gasteiger partial charge is 0.277 e. The van der Waals surface area contributed by atoms with Crippen LogP contribution in [0.1, 0.15) is 10.4 Å². The van der Waals surface area contributed by atoms with Crippen molar-refractivity contribution in [2.45, 2.75) is 0 Å². The van der Waals surface area contributed by atoms with Gasteiger partial charge in [0.2, 0.25) is 0 Å². The van der Waals surface area contributed by atoms with E-state index in [2.05, 4.69) is 5.10 Å². The highest BCUT2D eigenvalue weighted by Crippen LogP contribution is 2.18. The van der Waals surface area contributed by atoms with Gasteiger partial charge in [-0.2, -0.15) is 5.10 Å². The summed E-state index contributed by atoms with van der Waals surface area (Å²) in [5.41, 5.74) is 1.05. The zero-order valence-corrected chi connectivity index (χ0v) is 9.81. The second-order valence-corrected chi connectivity index (χ2v) is 3.97. The van der Waals surface area contributed by atoms with E-state index >= 15 is 0 Å². The quantitative estimate of drug-likeness (QED) is 0.763. The van der Waals surface area contributed by atoms with Gasteiger partial charge >= 0.3 is 0 Å². The highest BCUT2D eigenvalue weighted by molar-refractivity contribution is 6.30. The van der Waals surface area contributed by atoms with E-state index in [-0.39, 0.29) is 5.56 Å². The maximum Gasteiger partial charge on any atom is 0.277 e. The summed E-state index contributed by atoms with van der Waals surface area (Å²) >= 11 is 5.78. The number of aldehydes is 1. The predicted octanol–water partition coefficient (Wildman–Crippen LogP) is 1.91. The van der Waals surface area contributed by atoms with Crippen LogP contribution in [0.25, 0.3) is 11.3 Å². The molecule has 0 atom stereocenters. The van der Waals surface area contributed by atoms with Gasteiger partial charge in [-0.25, -0.2) is 4.68 Å². The van der Waals surface area contributed by atoms with Crippen molar-refractivity contribution in [3.8, 4) is 11.3 Å². The first kappa shape index (κ1) is 11.5. The molecule has 0 saturated carbocycles. The number of carbonyl (C=O) groups is 1. The van der Waals surface area contributed by atoms with E-state index in [4.69, 9.17) is 11.6 Å². The standard InChI is InChI=1S/C12H9ClN2O2/c1-15-12(17)9(7-16)6-11(14-15)8-2-4-10(13)5-3-8/h2-7H,1H3. The number of nitrogens with zero attached hydrogens (tertiary/aromatic N) is 2. The molecule has 0 radical (unpaired) electrons. The Morgan fingerprint density at radius 2 is 1.94 bits per heavy atom. The topological polar surface area (TPSA) is 52.0 Å². The number of rotatable bonds is 2. The molecular formula is C12H9ClN2O2. The van der Waals surface area contributed by atoms with Crippen LogP contribution in [0.3, 0.4) is 0 Å². The van der Waals surface area contributed by atoms with Crippen LogP contribution in [-0.4, -0.2) is 16.1 Å². The van der Waals surface area contributed by atoms with Gasteiger partial charge < -0.3 is 0 Å². The zero-order valence-electron chi connectivity index (χ0n) is 9.05. The van der Waals surface area contributed by atoms with Gasteiger partial charge in [-0.15, -0.1) is 0 Å². The van der Waals surface area contributed by atoms with Crippen molar-refractivity contribution in [3.05, 3.63) is 51.3 Å². The van der Waals surface area contributed by atoms with E-state index in [1.807, 2.05) is 0 Å². The molecule has 1 aromatic heterocycles. The molecule has 4 nitrogen and oxygen atoms in total. The summed E-state index contributed by atoms with van der Waals surface area (Å²) in [5.74, 6) is 0. The Hall–Kier alpha value is -1.94. The molecule has 0 fully saturated rings. The Morgan fingerprint density at radius 3 is 2.53 bits per heavy atom. The summed E-state index contributed by atoms with van der Waals surface area (Å²) in [6, 6.07) is 8.49. The molecule has 0 unspecified atom stereocenters. The average molecular weight is 249 g/mol. The molecular weight excluding hydrogens is 240 g/mol. The lowest BCUT2D eigenvalue weighted by atomic mass is 10.1. The minimum Gasteiger partial charge on any atom is -0.298 e. The fourth-order valence-corrected chi connectivity index (χ4v) is 1.60. The van der Waals surface area contributed by atoms with E-state index in [0.29, 0.717) is 17.0 Å². The van der Waals surface area contributed by atoms with Gasteiger partial charge in [0.25, 0.3) is 5.56 Å². The number of aromatic nitrogens is 2. The van der Waals surface area contributed by atoms with Crippen molar-refractivity contribution in [1.29, 1.82) is 0 Å². The first-order valence-corrected chi connectivity index (χ1v) is 5.29. The molecule has 2 rings (SSSR count). The molecule has 17 heavy (non-hydrogen) atoms. The van der Waals surface area contributed by atoms with Gasteiger partial charge in [0.1, 0.15) is 0 Å². The molecule has 0 N–H and O–H groups in total. The maximum atomic E-state index is 11.5. The second kappa shape index (κ2) is 4.51. The first-order valence-electron chi connectivity index (χ1n) is 4.91.